The molecule has 0 radical (unpaired) electrons. The van der Waals surface area contributed by atoms with Crippen molar-refractivity contribution in [3.05, 3.63) is 28.2 Å². The van der Waals surface area contributed by atoms with Crippen molar-refractivity contribution < 1.29 is 9.84 Å². The Morgan fingerprint density at radius 1 is 1.50 bits per heavy atom. The number of para-hydroxylation sites is 1. The number of halogens is 1. The van der Waals surface area contributed by atoms with E-state index in [1.807, 2.05) is 18.2 Å². The van der Waals surface area contributed by atoms with Crippen molar-refractivity contribution >= 4 is 15.9 Å². The highest BCUT2D eigenvalue weighted by Gasteiger charge is 2.16. The Morgan fingerprint density at radius 3 is 3.06 bits per heavy atom. The Hall–Kier alpha value is -0.580. The second-order valence-electron chi connectivity index (χ2n) is 5.03. The molecule has 1 aromatic carbocycles. The molecule has 1 aliphatic heterocycles. The number of benzene rings is 1. The molecule has 100 valence electrons. The summed E-state index contributed by atoms with van der Waals surface area (Å²) in [7, 11) is 2.09. The topological polar surface area (TPSA) is 32.7 Å². The molecule has 4 heteroatoms. The molecule has 18 heavy (non-hydrogen) atoms. The van der Waals surface area contributed by atoms with E-state index in [9.17, 15) is 5.11 Å². The number of ether oxygens (including phenoxy) is 1. The Balaban J connectivity index is 1.90. The van der Waals surface area contributed by atoms with Crippen molar-refractivity contribution in [2.24, 2.45) is 5.92 Å². The van der Waals surface area contributed by atoms with Gasteiger partial charge in [-0.05, 0) is 47.8 Å². The average molecular weight is 314 g/mol. The predicted octanol–water partition coefficient (Wildman–Crippen LogP) is 3.01. The first-order valence-electron chi connectivity index (χ1n) is 6.39. The van der Waals surface area contributed by atoms with Gasteiger partial charge in [0.25, 0.3) is 0 Å². The van der Waals surface area contributed by atoms with Crippen LogP contribution in [0.25, 0.3) is 0 Å². The normalized spacial score (nSPS) is 20.3. The zero-order chi connectivity index (χ0) is 13.0. The van der Waals surface area contributed by atoms with Crippen LogP contribution in [0.2, 0.25) is 0 Å². The van der Waals surface area contributed by atoms with Crippen molar-refractivity contribution in [2.45, 2.75) is 19.4 Å². The maximum Gasteiger partial charge on any atom is 0.134 e. The summed E-state index contributed by atoms with van der Waals surface area (Å²) >= 11 is 3.35. The molecule has 1 saturated heterocycles. The van der Waals surface area contributed by atoms with Crippen LogP contribution < -0.4 is 0 Å². The standard InChI is InChI=1S/C14H20BrNO2/c1-16(8-11-4-3-7-18-10-11)9-12-5-2-6-13(15)14(12)17/h2,5-6,11,17H,3-4,7-10H2,1H3. The third-order valence-electron chi connectivity index (χ3n) is 3.34. The quantitative estimate of drug-likeness (QED) is 0.927. The molecule has 1 aromatic rings. The van der Waals surface area contributed by atoms with Gasteiger partial charge in [-0.2, -0.15) is 0 Å². The molecule has 1 fully saturated rings. The summed E-state index contributed by atoms with van der Waals surface area (Å²) in [6.45, 7) is 3.56. The van der Waals surface area contributed by atoms with Gasteiger partial charge in [-0.15, -0.1) is 0 Å². The molecule has 0 spiro atoms. The third kappa shape index (κ3) is 3.70. The largest absolute Gasteiger partial charge is 0.506 e. The highest BCUT2D eigenvalue weighted by Crippen LogP contribution is 2.28. The third-order valence-corrected chi connectivity index (χ3v) is 3.97. The molecule has 0 aromatic heterocycles. The molecule has 0 saturated carbocycles. The molecule has 1 N–H and O–H groups in total. The van der Waals surface area contributed by atoms with Gasteiger partial charge in [0.15, 0.2) is 0 Å². The summed E-state index contributed by atoms with van der Waals surface area (Å²) in [5.74, 6) is 0.974. The zero-order valence-corrected chi connectivity index (χ0v) is 12.3. The fourth-order valence-electron chi connectivity index (χ4n) is 2.44. The molecule has 1 unspecified atom stereocenters. The monoisotopic (exact) mass is 313 g/mol. The summed E-state index contributed by atoms with van der Waals surface area (Å²) < 4.78 is 6.25. The van der Waals surface area contributed by atoms with Crippen LogP contribution in [0.15, 0.2) is 22.7 Å². The first kappa shape index (κ1) is 13.8. The van der Waals surface area contributed by atoms with Crippen molar-refractivity contribution in [1.82, 2.24) is 4.90 Å². The number of phenols is 1. The van der Waals surface area contributed by atoms with Gasteiger partial charge < -0.3 is 14.7 Å². The van der Waals surface area contributed by atoms with Gasteiger partial charge >= 0.3 is 0 Å². The lowest BCUT2D eigenvalue weighted by Gasteiger charge is -2.27. The average Bonchev–Trinajstić information content (AvgIpc) is 2.36. The predicted molar refractivity (Wildman–Crippen MR) is 75.7 cm³/mol. The molecular formula is C14H20BrNO2. The number of aromatic hydroxyl groups is 1. The first-order valence-corrected chi connectivity index (χ1v) is 7.18. The van der Waals surface area contributed by atoms with Crippen LogP contribution in [0.3, 0.4) is 0 Å². The highest BCUT2D eigenvalue weighted by atomic mass is 79.9. The Bertz CT molecular complexity index is 391. The maximum absolute atomic E-state index is 9.95. The number of phenolic OH excluding ortho intramolecular Hbond substituents is 1. The molecule has 0 aliphatic carbocycles. The van der Waals surface area contributed by atoms with Gasteiger partial charge in [0, 0.05) is 25.3 Å². The van der Waals surface area contributed by atoms with E-state index < -0.39 is 0 Å². The van der Waals surface area contributed by atoms with E-state index in [0.29, 0.717) is 11.7 Å². The van der Waals surface area contributed by atoms with Gasteiger partial charge in [0.1, 0.15) is 5.75 Å². The van der Waals surface area contributed by atoms with E-state index in [4.69, 9.17) is 4.74 Å². The lowest BCUT2D eigenvalue weighted by Crippen LogP contribution is -2.30. The van der Waals surface area contributed by atoms with Crippen molar-refractivity contribution in [1.29, 1.82) is 0 Å². The van der Waals surface area contributed by atoms with E-state index >= 15 is 0 Å². The highest BCUT2D eigenvalue weighted by molar-refractivity contribution is 9.10. The smallest absolute Gasteiger partial charge is 0.134 e. The summed E-state index contributed by atoms with van der Waals surface area (Å²) in [4.78, 5) is 2.25. The number of hydrogen-bond acceptors (Lipinski definition) is 3. The minimum Gasteiger partial charge on any atom is -0.506 e. The van der Waals surface area contributed by atoms with Crippen LogP contribution >= 0.6 is 15.9 Å². The zero-order valence-electron chi connectivity index (χ0n) is 10.7. The minimum atomic E-state index is 0.351. The van der Waals surface area contributed by atoms with E-state index in [2.05, 4.69) is 27.9 Å². The van der Waals surface area contributed by atoms with Crippen LogP contribution in [0.5, 0.6) is 5.75 Å². The summed E-state index contributed by atoms with van der Waals surface area (Å²) in [6, 6.07) is 5.78. The minimum absolute atomic E-state index is 0.351. The van der Waals surface area contributed by atoms with Crippen LogP contribution in [0.4, 0.5) is 0 Å². The van der Waals surface area contributed by atoms with Gasteiger partial charge in [-0.3, -0.25) is 0 Å². The van der Waals surface area contributed by atoms with E-state index in [-0.39, 0.29) is 0 Å². The van der Waals surface area contributed by atoms with Crippen LogP contribution in [0.1, 0.15) is 18.4 Å². The van der Waals surface area contributed by atoms with Crippen LogP contribution in [0, 0.1) is 5.92 Å². The number of hydrogen-bond donors (Lipinski definition) is 1. The fourth-order valence-corrected chi connectivity index (χ4v) is 2.84. The molecule has 1 atom stereocenters. The Kier molecular flexibility index (Phi) is 5.03. The van der Waals surface area contributed by atoms with Gasteiger partial charge in [0.05, 0.1) is 11.1 Å². The van der Waals surface area contributed by atoms with E-state index in [0.717, 1.165) is 36.3 Å². The lowest BCUT2D eigenvalue weighted by atomic mass is 10.0. The molecule has 2 rings (SSSR count). The Morgan fingerprint density at radius 2 is 2.33 bits per heavy atom. The molecule has 3 nitrogen and oxygen atoms in total. The summed E-state index contributed by atoms with van der Waals surface area (Å²) in [5.41, 5.74) is 0.962. The molecule has 0 bridgehead atoms. The lowest BCUT2D eigenvalue weighted by molar-refractivity contribution is 0.0411. The molecule has 1 aliphatic rings. The SMILES string of the molecule is CN(Cc1cccc(Br)c1O)CC1CCCOC1. The van der Waals surface area contributed by atoms with Crippen LogP contribution in [-0.2, 0) is 11.3 Å². The molecular weight excluding hydrogens is 294 g/mol. The van der Waals surface area contributed by atoms with Crippen molar-refractivity contribution in [3.8, 4) is 5.75 Å². The first-order chi connectivity index (χ1) is 8.66. The second kappa shape index (κ2) is 6.55. The summed E-state index contributed by atoms with van der Waals surface area (Å²) in [5, 5.41) is 9.95. The Labute approximate surface area is 117 Å². The summed E-state index contributed by atoms with van der Waals surface area (Å²) in [6.07, 6.45) is 2.41. The van der Waals surface area contributed by atoms with Gasteiger partial charge in [-0.25, -0.2) is 0 Å². The van der Waals surface area contributed by atoms with Gasteiger partial charge in [-0.1, -0.05) is 12.1 Å². The second-order valence-corrected chi connectivity index (χ2v) is 5.88. The maximum atomic E-state index is 9.95. The van der Waals surface area contributed by atoms with Crippen molar-refractivity contribution in [3.63, 3.8) is 0 Å². The number of nitrogens with zero attached hydrogens (tertiary/aromatic N) is 1. The van der Waals surface area contributed by atoms with E-state index in [1.165, 1.54) is 12.8 Å². The van der Waals surface area contributed by atoms with Crippen LogP contribution in [-0.4, -0.2) is 36.8 Å². The van der Waals surface area contributed by atoms with Gasteiger partial charge in [0.2, 0.25) is 0 Å². The van der Waals surface area contributed by atoms with E-state index in [1.54, 1.807) is 0 Å². The fraction of sp³-hybridized carbons (Fsp3) is 0.571. The molecule has 1 heterocycles. The molecule has 0 amide bonds. The number of rotatable bonds is 4. The van der Waals surface area contributed by atoms with Crippen molar-refractivity contribution in [2.75, 3.05) is 26.8 Å².